The molecular weight excluding hydrogens is 514 g/mol. The fourth-order valence-electron chi connectivity index (χ4n) is 4.45. The maximum absolute atomic E-state index is 12.5. The van der Waals surface area contributed by atoms with Crippen LogP contribution >= 0.6 is 15.9 Å². The maximum atomic E-state index is 12.5. The predicted octanol–water partition coefficient (Wildman–Crippen LogP) is 3.73. The number of aryl methyl sites for hydroxylation is 2. The van der Waals surface area contributed by atoms with Gasteiger partial charge in [-0.15, -0.1) is 0 Å². The van der Waals surface area contributed by atoms with Crippen LogP contribution in [0.15, 0.2) is 40.9 Å². The summed E-state index contributed by atoms with van der Waals surface area (Å²) in [5.41, 5.74) is 3.40. The quantitative estimate of drug-likeness (QED) is 0.528. The molecule has 0 saturated carbocycles. The van der Waals surface area contributed by atoms with Gasteiger partial charge in [-0.25, -0.2) is 0 Å². The second kappa shape index (κ2) is 11.2. The van der Waals surface area contributed by atoms with Gasteiger partial charge in [0.1, 0.15) is 5.75 Å². The minimum Gasteiger partial charge on any atom is -0.484 e. The zero-order chi connectivity index (χ0) is 24.9. The van der Waals surface area contributed by atoms with Gasteiger partial charge in [-0.1, -0.05) is 15.9 Å². The Hall–Kier alpha value is -2.91. The number of rotatable bonds is 8. The Bertz CT molecular complexity index is 1080. The first-order chi connectivity index (χ1) is 16.8. The van der Waals surface area contributed by atoms with Crippen LogP contribution in [0.4, 0.5) is 11.4 Å². The molecule has 0 unspecified atom stereocenters. The monoisotopic (exact) mass is 543 g/mol. The van der Waals surface area contributed by atoms with E-state index in [1.807, 2.05) is 26.0 Å². The van der Waals surface area contributed by atoms with Crippen LogP contribution in [0.1, 0.15) is 30.4 Å². The number of carbonyl (C=O) groups is 3. The van der Waals surface area contributed by atoms with E-state index in [0.29, 0.717) is 24.5 Å². The van der Waals surface area contributed by atoms with Crippen LogP contribution in [-0.2, 0) is 19.1 Å². The zero-order valence-corrected chi connectivity index (χ0v) is 21.5. The summed E-state index contributed by atoms with van der Waals surface area (Å²) in [5, 5.41) is 5.82. The highest BCUT2D eigenvalue weighted by Gasteiger charge is 2.35. The van der Waals surface area contributed by atoms with E-state index in [1.54, 1.807) is 29.2 Å². The molecule has 35 heavy (non-hydrogen) atoms. The number of hydrogen-bond acceptors (Lipinski definition) is 5. The van der Waals surface area contributed by atoms with E-state index in [-0.39, 0.29) is 42.8 Å². The van der Waals surface area contributed by atoms with Crippen LogP contribution in [0.2, 0.25) is 0 Å². The second-order valence-electron chi connectivity index (χ2n) is 9.03. The number of carbonyl (C=O) groups excluding carboxylic acids is 3. The van der Waals surface area contributed by atoms with Crippen molar-refractivity contribution in [3.8, 4) is 5.75 Å². The van der Waals surface area contributed by atoms with Crippen molar-refractivity contribution in [3.63, 3.8) is 0 Å². The Morgan fingerprint density at radius 3 is 2.54 bits per heavy atom. The lowest BCUT2D eigenvalue weighted by atomic mass is 10.1. The molecule has 2 aromatic rings. The smallest absolute Gasteiger partial charge is 0.262 e. The first-order valence-corrected chi connectivity index (χ1v) is 12.6. The molecule has 2 atom stereocenters. The van der Waals surface area contributed by atoms with Gasteiger partial charge in [-0.05, 0) is 74.2 Å². The molecule has 0 spiro atoms. The van der Waals surface area contributed by atoms with E-state index in [1.165, 1.54) is 0 Å². The summed E-state index contributed by atoms with van der Waals surface area (Å²) in [6.07, 6.45) is 2.23. The van der Waals surface area contributed by atoms with Crippen LogP contribution in [0.3, 0.4) is 0 Å². The first-order valence-electron chi connectivity index (χ1n) is 11.8. The van der Waals surface area contributed by atoms with Gasteiger partial charge in [0.25, 0.3) is 5.91 Å². The molecule has 4 rings (SSSR count). The third-order valence-corrected chi connectivity index (χ3v) is 6.76. The van der Waals surface area contributed by atoms with Gasteiger partial charge in [0, 0.05) is 42.0 Å². The Morgan fingerprint density at radius 2 is 1.89 bits per heavy atom. The largest absolute Gasteiger partial charge is 0.484 e. The second-order valence-corrected chi connectivity index (χ2v) is 9.95. The van der Waals surface area contributed by atoms with E-state index < -0.39 is 0 Å². The Kier molecular flexibility index (Phi) is 8.07. The molecule has 2 aliphatic heterocycles. The molecule has 9 heteroatoms. The highest BCUT2D eigenvalue weighted by atomic mass is 79.9. The summed E-state index contributed by atoms with van der Waals surface area (Å²) < 4.78 is 12.1. The Morgan fingerprint density at radius 1 is 1.17 bits per heavy atom. The fourth-order valence-corrected chi connectivity index (χ4v) is 5.14. The van der Waals surface area contributed by atoms with Crippen molar-refractivity contribution in [1.82, 2.24) is 5.32 Å². The number of anilines is 2. The van der Waals surface area contributed by atoms with Gasteiger partial charge >= 0.3 is 0 Å². The third-order valence-electron chi connectivity index (χ3n) is 6.30. The molecule has 2 heterocycles. The maximum Gasteiger partial charge on any atom is 0.262 e. The zero-order valence-electron chi connectivity index (χ0n) is 19.9. The van der Waals surface area contributed by atoms with Crippen molar-refractivity contribution in [2.24, 2.45) is 5.92 Å². The predicted molar refractivity (Wildman–Crippen MR) is 137 cm³/mol. The summed E-state index contributed by atoms with van der Waals surface area (Å²) in [4.78, 5) is 39.0. The summed E-state index contributed by atoms with van der Waals surface area (Å²) >= 11 is 3.45. The average Bonchev–Trinajstić information content (AvgIpc) is 3.48. The molecule has 8 nitrogen and oxygen atoms in total. The van der Waals surface area contributed by atoms with Crippen LogP contribution in [0.5, 0.6) is 5.75 Å². The summed E-state index contributed by atoms with van der Waals surface area (Å²) in [6.45, 7) is 5.31. The van der Waals surface area contributed by atoms with Gasteiger partial charge in [0.2, 0.25) is 11.8 Å². The van der Waals surface area contributed by atoms with Crippen molar-refractivity contribution in [1.29, 1.82) is 0 Å². The first kappa shape index (κ1) is 25.2. The fraction of sp³-hybridized carbons (Fsp3) is 0.423. The molecule has 186 valence electrons. The van der Waals surface area contributed by atoms with Gasteiger partial charge in [0.05, 0.1) is 12.0 Å². The van der Waals surface area contributed by atoms with Crippen molar-refractivity contribution < 1.29 is 23.9 Å². The normalized spacial score (nSPS) is 19.6. The molecule has 2 fully saturated rings. The van der Waals surface area contributed by atoms with Crippen LogP contribution in [0, 0.1) is 19.8 Å². The number of amides is 3. The highest BCUT2D eigenvalue weighted by Crippen LogP contribution is 2.28. The van der Waals surface area contributed by atoms with E-state index in [2.05, 4.69) is 26.6 Å². The molecule has 0 bridgehead atoms. The molecule has 0 aliphatic carbocycles. The minimum absolute atomic E-state index is 0.0738. The van der Waals surface area contributed by atoms with Crippen LogP contribution in [0.25, 0.3) is 0 Å². The minimum atomic E-state index is -0.381. The highest BCUT2D eigenvalue weighted by molar-refractivity contribution is 9.10. The van der Waals surface area contributed by atoms with Gasteiger partial charge in [0.15, 0.2) is 6.61 Å². The number of nitrogens with zero attached hydrogens (tertiary/aromatic N) is 1. The number of hydrogen-bond donors (Lipinski definition) is 2. The van der Waals surface area contributed by atoms with Gasteiger partial charge < -0.3 is 25.0 Å². The average molecular weight is 544 g/mol. The van der Waals surface area contributed by atoms with Crippen molar-refractivity contribution in [2.45, 2.75) is 39.2 Å². The Labute approximate surface area is 213 Å². The molecule has 2 aromatic carbocycles. The molecule has 0 aromatic heterocycles. The molecule has 2 aliphatic rings. The molecule has 3 amide bonds. The molecule has 0 radical (unpaired) electrons. The van der Waals surface area contributed by atoms with Crippen LogP contribution < -0.4 is 20.3 Å². The van der Waals surface area contributed by atoms with Crippen molar-refractivity contribution >= 4 is 45.0 Å². The Balaban J connectivity index is 1.27. The lowest BCUT2D eigenvalue weighted by Crippen LogP contribution is -2.37. The number of ether oxygens (including phenoxy) is 2. The standard InChI is InChI=1S/C26H30BrN3O5/c1-16-10-19(27)11-17(2)25(16)29-23(31)15-35-21-7-5-20(6-8-21)30-14-18(12-24(30)32)26(33)28-13-22-4-3-9-34-22/h5-8,10-11,18,22H,3-4,9,12-15H2,1-2H3,(H,28,33)(H,29,31)/t18-,22-/m1/s1. The lowest BCUT2D eigenvalue weighted by Gasteiger charge is -2.18. The third kappa shape index (κ3) is 6.41. The van der Waals surface area contributed by atoms with Crippen molar-refractivity contribution in [3.05, 3.63) is 52.0 Å². The molecule has 2 saturated heterocycles. The van der Waals surface area contributed by atoms with Gasteiger partial charge in [-0.3, -0.25) is 14.4 Å². The number of nitrogens with one attached hydrogen (secondary N) is 2. The van der Waals surface area contributed by atoms with Crippen LogP contribution in [-0.4, -0.2) is 50.1 Å². The summed E-state index contributed by atoms with van der Waals surface area (Å²) in [6, 6.07) is 10.9. The number of halogens is 1. The van der Waals surface area contributed by atoms with E-state index >= 15 is 0 Å². The lowest BCUT2D eigenvalue weighted by molar-refractivity contribution is -0.126. The van der Waals surface area contributed by atoms with Gasteiger partial charge in [-0.2, -0.15) is 0 Å². The topological polar surface area (TPSA) is 97.0 Å². The number of benzene rings is 2. The molecule has 2 N–H and O–H groups in total. The summed E-state index contributed by atoms with van der Waals surface area (Å²) in [7, 11) is 0. The SMILES string of the molecule is Cc1cc(Br)cc(C)c1NC(=O)COc1ccc(N2C[C@H](C(=O)NC[C@H]3CCCO3)CC2=O)cc1. The van der Waals surface area contributed by atoms with E-state index in [9.17, 15) is 14.4 Å². The van der Waals surface area contributed by atoms with E-state index in [0.717, 1.165) is 40.7 Å². The molecular formula is C26H30BrN3O5. The van der Waals surface area contributed by atoms with E-state index in [4.69, 9.17) is 9.47 Å². The summed E-state index contributed by atoms with van der Waals surface area (Å²) in [5.74, 6) is -0.317. The van der Waals surface area contributed by atoms with Crippen molar-refractivity contribution in [2.75, 3.05) is 36.5 Å².